The first kappa shape index (κ1) is 26.1. The van der Waals surface area contributed by atoms with Crippen LogP contribution in [-0.4, -0.2) is 48.0 Å². The van der Waals surface area contributed by atoms with E-state index in [4.69, 9.17) is 13.6 Å². The highest BCUT2D eigenvalue weighted by Gasteiger charge is 2.42. The third-order valence-corrected chi connectivity index (χ3v) is 14.6. The maximum absolute atomic E-state index is 12.8. The second kappa shape index (κ2) is 9.56. The standard InChI is InChI=1S/C19H41NO5Si2/c1-12-23-17(22)20-15(13-14-24-26(8,9)18(2,3)4)16(21)25-27(10,11)19(5,6)7/h15H,12-14H2,1-11H3,(H,20,22). The second-order valence-electron chi connectivity index (χ2n) is 10.00. The first-order valence-corrected chi connectivity index (χ1v) is 15.6. The van der Waals surface area contributed by atoms with Crippen LogP contribution >= 0.6 is 0 Å². The summed E-state index contributed by atoms with van der Waals surface area (Å²) < 4.78 is 17.0. The van der Waals surface area contributed by atoms with Crippen molar-refractivity contribution >= 4 is 28.7 Å². The lowest BCUT2D eigenvalue weighted by Crippen LogP contribution is -2.50. The van der Waals surface area contributed by atoms with Crippen LogP contribution < -0.4 is 5.32 Å². The fraction of sp³-hybridized carbons (Fsp3) is 0.895. The van der Waals surface area contributed by atoms with Gasteiger partial charge in [0.2, 0.25) is 0 Å². The fourth-order valence-corrected chi connectivity index (χ4v) is 3.70. The van der Waals surface area contributed by atoms with Gasteiger partial charge in [0.05, 0.1) is 6.61 Å². The van der Waals surface area contributed by atoms with Gasteiger partial charge in [0.1, 0.15) is 6.04 Å². The fourth-order valence-electron chi connectivity index (χ4n) is 1.69. The Balaban J connectivity index is 5.13. The molecule has 1 N–H and O–H groups in total. The van der Waals surface area contributed by atoms with Crippen LogP contribution in [-0.2, 0) is 18.4 Å². The number of amides is 1. The van der Waals surface area contributed by atoms with Crippen LogP contribution in [0.5, 0.6) is 0 Å². The Morgan fingerprint density at radius 2 is 1.41 bits per heavy atom. The SMILES string of the molecule is CCOC(=O)NC(CCO[Si](C)(C)C(C)(C)C)C(=O)O[Si](C)(C)C(C)(C)C. The summed E-state index contributed by atoms with van der Waals surface area (Å²) in [6, 6.07) is -0.775. The van der Waals surface area contributed by atoms with E-state index < -0.39 is 34.7 Å². The summed E-state index contributed by atoms with van der Waals surface area (Å²) in [5.74, 6) is -0.409. The molecule has 1 unspecified atom stereocenters. The van der Waals surface area contributed by atoms with E-state index in [1.54, 1.807) is 6.92 Å². The van der Waals surface area contributed by atoms with Gasteiger partial charge in [-0.2, -0.15) is 0 Å². The smallest absolute Gasteiger partial charge is 0.407 e. The molecular weight excluding hydrogens is 378 g/mol. The predicted octanol–water partition coefficient (Wildman–Crippen LogP) is 5.06. The largest absolute Gasteiger partial charge is 0.518 e. The van der Waals surface area contributed by atoms with Crippen molar-refractivity contribution < 1.29 is 23.2 Å². The Morgan fingerprint density at radius 1 is 0.926 bits per heavy atom. The minimum Gasteiger partial charge on any atom is -0.518 e. The molecular formula is C19H41NO5Si2. The lowest BCUT2D eigenvalue weighted by Gasteiger charge is -2.37. The number of hydrogen-bond donors (Lipinski definition) is 1. The third kappa shape index (κ3) is 8.35. The van der Waals surface area contributed by atoms with Gasteiger partial charge in [0, 0.05) is 13.0 Å². The summed E-state index contributed by atoms with van der Waals surface area (Å²) in [5, 5.41) is 2.62. The average Bonchev–Trinajstić information content (AvgIpc) is 2.43. The van der Waals surface area contributed by atoms with Gasteiger partial charge < -0.3 is 18.9 Å². The van der Waals surface area contributed by atoms with E-state index in [1.165, 1.54) is 0 Å². The maximum Gasteiger partial charge on any atom is 0.407 e. The summed E-state index contributed by atoms with van der Waals surface area (Å²) in [6.07, 6.45) is -0.249. The number of carbonyl (C=O) groups is 2. The van der Waals surface area contributed by atoms with Crippen LogP contribution in [0.1, 0.15) is 54.9 Å². The number of rotatable bonds is 8. The highest BCUT2D eigenvalue weighted by molar-refractivity contribution is 6.75. The van der Waals surface area contributed by atoms with Gasteiger partial charge in [0.15, 0.2) is 8.32 Å². The number of ether oxygens (including phenoxy) is 1. The minimum atomic E-state index is -2.28. The molecule has 8 heteroatoms. The van der Waals surface area contributed by atoms with Crippen molar-refractivity contribution in [2.45, 2.75) is 97.2 Å². The highest BCUT2D eigenvalue weighted by Crippen LogP contribution is 2.37. The van der Waals surface area contributed by atoms with E-state index in [9.17, 15) is 9.59 Å². The zero-order valence-electron chi connectivity index (χ0n) is 19.2. The summed E-state index contributed by atoms with van der Waals surface area (Å²) in [7, 11) is -4.21. The van der Waals surface area contributed by atoms with E-state index in [-0.39, 0.29) is 16.7 Å². The van der Waals surface area contributed by atoms with Crippen LogP contribution in [0.3, 0.4) is 0 Å². The zero-order chi connectivity index (χ0) is 21.7. The van der Waals surface area contributed by atoms with Gasteiger partial charge in [-0.15, -0.1) is 0 Å². The molecule has 0 saturated carbocycles. The van der Waals surface area contributed by atoms with Gasteiger partial charge in [-0.25, -0.2) is 4.79 Å². The Labute approximate surface area is 168 Å². The zero-order valence-corrected chi connectivity index (χ0v) is 21.2. The van der Waals surface area contributed by atoms with Crippen molar-refractivity contribution in [3.8, 4) is 0 Å². The average molecular weight is 420 g/mol. The van der Waals surface area contributed by atoms with Crippen LogP contribution in [0.25, 0.3) is 0 Å². The molecule has 0 spiro atoms. The topological polar surface area (TPSA) is 73.9 Å². The van der Waals surface area contributed by atoms with Crippen molar-refractivity contribution in [3.05, 3.63) is 0 Å². The Morgan fingerprint density at radius 3 is 1.81 bits per heavy atom. The molecule has 1 atom stereocenters. The van der Waals surface area contributed by atoms with Crippen LogP contribution in [0, 0.1) is 0 Å². The molecule has 0 aliphatic rings. The molecule has 0 aliphatic heterocycles. The van der Waals surface area contributed by atoms with Gasteiger partial charge in [0.25, 0.3) is 8.32 Å². The Hall–Kier alpha value is -0.866. The molecule has 0 aromatic heterocycles. The van der Waals surface area contributed by atoms with Crippen molar-refractivity contribution in [1.82, 2.24) is 5.32 Å². The molecule has 0 heterocycles. The van der Waals surface area contributed by atoms with Crippen molar-refractivity contribution in [2.75, 3.05) is 13.2 Å². The predicted molar refractivity (Wildman–Crippen MR) is 115 cm³/mol. The number of carbonyl (C=O) groups excluding carboxylic acids is 2. The van der Waals surface area contributed by atoms with Crippen molar-refractivity contribution in [3.63, 3.8) is 0 Å². The second-order valence-corrected chi connectivity index (χ2v) is 19.5. The van der Waals surface area contributed by atoms with Crippen molar-refractivity contribution in [2.24, 2.45) is 0 Å². The van der Waals surface area contributed by atoms with E-state index in [0.717, 1.165) is 0 Å². The Bertz CT molecular complexity index is 507. The Kier molecular flexibility index (Phi) is 9.25. The molecule has 0 aliphatic carbocycles. The minimum absolute atomic E-state index is 0.0821. The molecule has 0 aromatic carbocycles. The van der Waals surface area contributed by atoms with E-state index >= 15 is 0 Å². The van der Waals surface area contributed by atoms with E-state index in [0.29, 0.717) is 13.0 Å². The molecule has 0 radical (unpaired) electrons. The van der Waals surface area contributed by atoms with E-state index in [1.807, 2.05) is 13.1 Å². The molecule has 0 bridgehead atoms. The van der Waals surface area contributed by atoms with Crippen LogP contribution in [0.15, 0.2) is 0 Å². The summed E-state index contributed by atoms with van der Waals surface area (Å²) in [6.45, 7) is 23.4. The monoisotopic (exact) mass is 419 g/mol. The van der Waals surface area contributed by atoms with Gasteiger partial charge in [-0.05, 0) is 43.2 Å². The summed E-state index contributed by atoms with van der Waals surface area (Å²) >= 11 is 0. The summed E-state index contributed by atoms with van der Waals surface area (Å²) in [5.41, 5.74) is 0. The van der Waals surface area contributed by atoms with Crippen LogP contribution in [0.4, 0.5) is 4.79 Å². The van der Waals surface area contributed by atoms with Crippen molar-refractivity contribution in [1.29, 1.82) is 0 Å². The first-order valence-electron chi connectivity index (χ1n) is 9.74. The number of hydrogen-bond acceptors (Lipinski definition) is 5. The summed E-state index contributed by atoms with van der Waals surface area (Å²) in [4.78, 5) is 24.7. The molecule has 1 amide bonds. The van der Waals surface area contributed by atoms with Crippen LogP contribution in [0.2, 0.25) is 36.3 Å². The molecule has 27 heavy (non-hydrogen) atoms. The van der Waals surface area contributed by atoms with Gasteiger partial charge >= 0.3 is 12.1 Å². The third-order valence-electron chi connectivity index (χ3n) is 5.69. The van der Waals surface area contributed by atoms with Gasteiger partial charge in [-0.1, -0.05) is 41.5 Å². The molecule has 0 aromatic rings. The number of alkyl carbamates (subject to hydrolysis) is 1. The molecule has 160 valence electrons. The lowest BCUT2D eigenvalue weighted by atomic mass is 10.2. The van der Waals surface area contributed by atoms with Gasteiger partial charge in [-0.3, -0.25) is 4.79 Å². The quantitative estimate of drug-likeness (QED) is 0.557. The lowest BCUT2D eigenvalue weighted by molar-refractivity contribution is -0.138. The molecule has 0 fully saturated rings. The molecule has 6 nitrogen and oxygen atoms in total. The normalized spacial score (nSPS) is 14.5. The van der Waals surface area contributed by atoms with E-state index in [2.05, 4.69) is 60.0 Å². The maximum atomic E-state index is 12.8. The molecule has 0 rings (SSSR count). The molecule has 0 saturated heterocycles. The first-order chi connectivity index (χ1) is 11.9. The number of nitrogens with one attached hydrogen (secondary N) is 1. The highest BCUT2D eigenvalue weighted by atomic mass is 28.4.